The van der Waals surface area contributed by atoms with E-state index in [2.05, 4.69) is 10.5 Å². The summed E-state index contributed by atoms with van der Waals surface area (Å²) in [6.45, 7) is 2.43. The summed E-state index contributed by atoms with van der Waals surface area (Å²) in [6, 6.07) is 12.0. The summed E-state index contributed by atoms with van der Waals surface area (Å²) >= 11 is 0. The molecular weight excluding hydrogens is 418 g/mol. The maximum atomic E-state index is 12.9. The Morgan fingerprint density at radius 3 is 2.52 bits per heavy atom. The number of rotatable bonds is 7. The Kier molecular flexibility index (Phi) is 7.29. The fourth-order valence-electron chi connectivity index (χ4n) is 3.43. The second kappa shape index (κ2) is 9.93. The zero-order valence-corrected chi connectivity index (χ0v) is 18.7. The number of amides is 1. The lowest BCUT2D eigenvalue weighted by Crippen LogP contribution is -2.44. The largest absolute Gasteiger partial charge is 0.493 e. The molecule has 31 heavy (non-hydrogen) atoms. The molecule has 166 valence electrons. The van der Waals surface area contributed by atoms with Crippen molar-refractivity contribution < 1.29 is 22.7 Å². The van der Waals surface area contributed by atoms with Gasteiger partial charge in [0.25, 0.3) is 0 Å². The van der Waals surface area contributed by atoms with Crippen molar-refractivity contribution in [3.63, 3.8) is 0 Å². The van der Waals surface area contributed by atoms with E-state index >= 15 is 0 Å². The van der Waals surface area contributed by atoms with Crippen LogP contribution < -0.4 is 14.9 Å². The van der Waals surface area contributed by atoms with Gasteiger partial charge in [-0.05, 0) is 55.7 Å². The topological polar surface area (TPSA) is 97.3 Å². The van der Waals surface area contributed by atoms with Gasteiger partial charge in [-0.3, -0.25) is 4.79 Å². The minimum atomic E-state index is -3.63. The molecule has 2 aromatic carbocycles. The molecule has 0 aliphatic carbocycles. The predicted octanol–water partition coefficient (Wildman–Crippen LogP) is 2.56. The molecule has 1 saturated heterocycles. The molecule has 1 heterocycles. The fourth-order valence-corrected chi connectivity index (χ4v) is 4.95. The molecule has 3 rings (SSSR count). The highest BCUT2D eigenvalue weighted by Gasteiger charge is 2.33. The van der Waals surface area contributed by atoms with E-state index in [-0.39, 0.29) is 17.3 Å². The first-order chi connectivity index (χ1) is 14.8. The lowest BCUT2D eigenvalue weighted by Gasteiger charge is -2.30. The van der Waals surface area contributed by atoms with Crippen LogP contribution in [0.3, 0.4) is 0 Å². The molecule has 1 N–H and O–H groups in total. The Balaban J connectivity index is 1.63. The average Bonchev–Trinajstić information content (AvgIpc) is 2.79. The molecule has 1 aliphatic rings. The standard InChI is InChI=1S/C22H27N3O5S/c1-16-6-9-19(10-7-16)31(27,28)25-12-4-5-18(15-25)22(26)24-23-14-17-8-11-20(29-2)21(13-17)30-3/h6-11,13-14,18H,4-5,12,15H2,1-3H3,(H,24,26)/b23-14-/t18-/m0/s1. The molecule has 8 nitrogen and oxygen atoms in total. The van der Waals surface area contributed by atoms with Crippen molar-refractivity contribution in [3.8, 4) is 11.5 Å². The number of benzene rings is 2. The zero-order valence-electron chi connectivity index (χ0n) is 17.9. The first-order valence-electron chi connectivity index (χ1n) is 9.97. The van der Waals surface area contributed by atoms with Crippen molar-refractivity contribution in [2.24, 2.45) is 11.0 Å². The highest BCUT2D eigenvalue weighted by atomic mass is 32.2. The van der Waals surface area contributed by atoms with E-state index in [0.29, 0.717) is 30.9 Å². The zero-order chi connectivity index (χ0) is 22.4. The number of methoxy groups -OCH3 is 2. The Labute approximate surface area is 182 Å². The molecule has 1 atom stereocenters. The molecule has 9 heteroatoms. The van der Waals surface area contributed by atoms with E-state index in [1.165, 1.54) is 10.5 Å². The van der Waals surface area contributed by atoms with Crippen molar-refractivity contribution in [2.75, 3.05) is 27.3 Å². The van der Waals surface area contributed by atoms with E-state index < -0.39 is 15.9 Å². The van der Waals surface area contributed by atoms with Gasteiger partial charge in [0.2, 0.25) is 15.9 Å². The van der Waals surface area contributed by atoms with E-state index in [1.54, 1.807) is 56.7 Å². The van der Waals surface area contributed by atoms with Gasteiger partial charge in [-0.25, -0.2) is 13.8 Å². The van der Waals surface area contributed by atoms with Crippen LogP contribution in [0.1, 0.15) is 24.0 Å². The summed E-state index contributed by atoms with van der Waals surface area (Å²) < 4.78 is 37.7. The van der Waals surface area contributed by atoms with E-state index in [4.69, 9.17) is 9.47 Å². The molecule has 1 fully saturated rings. The van der Waals surface area contributed by atoms with Crippen LogP contribution in [0.2, 0.25) is 0 Å². The van der Waals surface area contributed by atoms with Crippen LogP contribution in [-0.4, -0.2) is 52.2 Å². The number of hydrogen-bond acceptors (Lipinski definition) is 6. The molecule has 0 unspecified atom stereocenters. The van der Waals surface area contributed by atoms with Crippen molar-refractivity contribution in [1.82, 2.24) is 9.73 Å². The third-order valence-electron chi connectivity index (χ3n) is 5.21. The van der Waals surface area contributed by atoms with Gasteiger partial charge >= 0.3 is 0 Å². The smallest absolute Gasteiger partial charge is 0.244 e. The van der Waals surface area contributed by atoms with Gasteiger partial charge < -0.3 is 9.47 Å². The number of hydrazone groups is 1. The second-order valence-corrected chi connectivity index (χ2v) is 9.30. The first kappa shape index (κ1) is 22.8. The molecule has 0 aromatic heterocycles. The van der Waals surface area contributed by atoms with Crippen LogP contribution >= 0.6 is 0 Å². The summed E-state index contributed by atoms with van der Waals surface area (Å²) in [7, 11) is -0.538. The van der Waals surface area contributed by atoms with Crippen molar-refractivity contribution in [3.05, 3.63) is 53.6 Å². The number of piperidine rings is 1. The average molecular weight is 446 g/mol. The first-order valence-corrected chi connectivity index (χ1v) is 11.4. The third-order valence-corrected chi connectivity index (χ3v) is 7.09. The van der Waals surface area contributed by atoms with Crippen LogP contribution in [0.25, 0.3) is 0 Å². The molecule has 2 aromatic rings. The molecule has 0 radical (unpaired) electrons. The van der Waals surface area contributed by atoms with Gasteiger partial charge in [-0.15, -0.1) is 0 Å². The minimum Gasteiger partial charge on any atom is -0.493 e. The Morgan fingerprint density at radius 1 is 1.13 bits per heavy atom. The van der Waals surface area contributed by atoms with Crippen LogP contribution in [-0.2, 0) is 14.8 Å². The molecule has 0 bridgehead atoms. The Hall–Kier alpha value is -2.91. The van der Waals surface area contributed by atoms with Crippen molar-refractivity contribution in [1.29, 1.82) is 0 Å². The summed E-state index contributed by atoms with van der Waals surface area (Å²) in [5.74, 6) is 0.389. The lowest BCUT2D eigenvalue weighted by atomic mass is 9.99. The van der Waals surface area contributed by atoms with Gasteiger partial charge in [-0.1, -0.05) is 17.7 Å². The van der Waals surface area contributed by atoms with Gasteiger partial charge in [0, 0.05) is 13.1 Å². The van der Waals surface area contributed by atoms with Gasteiger partial charge in [0.05, 0.1) is 31.2 Å². The van der Waals surface area contributed by atoms with Crippen LogP contribution in [0.4, 0.5) is 0 Å². The van der Waals surface area contributed by atoms with Gasteiger partial charge in [0.1, 0.15) is 0 Å². The number of carbonyl (C=O) groups is 1. The van der Waals surface area contributed by atoms with Crippen LogP contribution in [0, 0.1) is 12.8 Å². The molecule has 0 spiro atoms. The molecule has 1 aliphatic heterocycles. The van der Waals surface area contributed by atoms with E-state index in [1.807, 2.05) is 6.92 Å². The maximum Gasteiger partial charge on any atom is 0.244 e. The highest BCUT2D eigenvalue weighted by molar-refractivity contribution is 7.89. The number of ether oxygens (including phenoxy) is 2. The van der Waals surface area contributed by atoms with Crippen molar-refractivity contribution >= 4 is 22.1 Å². The number of aryl methyl sites for hydroxylation is 1. The third kappa shape index (κ3) is 5.42. The minimum absolute atomic E-state index is 0.133. The Bertz CT molecular complexity index is 1050. The molecular formula is C22H27N3O5S. The predicted molar refractivity (Wildman–Crippen MR) is 118 cm³/mol. The number of nitrogens with zero attached hydrogens (tertiary/aromatic N) is 2. The van der Waals surface area contributed by atoms with Crippen LogP contribution in [0.15, 0.2) is 52.5 Å². The molecule has 1 amide bonds. The number of hydrogen-bond donors (Lipinski definition) is 1. The van der Waals surface area contributed by atoms with Gasteiger partial charge in [-0.2, -0.15) is 9.41 Å². The summed E-state index contributed by atoms with van der Waals surface area (Å²) in [5, 5.41) is 4.01. The summed E-state index contributed by atoms with van der Waals surface area (Å²) in [6.07, 6.45) is 2.73. The Morgan fingerprint density at radius 2 is 1.84 bits per heavy atom. The highest BCUT2D eigenvalue weighted by Crippen LogP contribution is 2.27. The number of nitrogens with one attached hydrogen (secondary N) is 1. The summed E-state index contributed by atoms with van der Waals surface area (Å²) in [4.78, 5) is 12.8. The number of carbonyl (C=O) groups excluding carboxylic acids is 1. The quantitative estimate of drug-likeness (QED) is 0.522. The SMILES string of the molecule is COc1ccc(/C=N\NC(=O)[C@H]2CCCN(S(=O)(=O)c3ccc(C)cc3)C2)cc1OC. The second-order valence-electron chi connectivity index (χ2n) is 7.36. The van der Waals surface area contributed by atoms with Gasteiger partial charge in [0.15, 0.2) is 11.5 Å². The fraction of sp³-hybridized carbons (Fsp3) is 0.364. The normalized spacial score (nSPS) is 17.5. The van der Waals surface area contributed by atoms with E-state index in [0.717, 1.165) is 11.1 Å². The van der Waals surface area contributed by atoms with Crippen molar-refractivity contribution in [2.45, 2.75) is 24.7 Å². The maximum absolute atomic E-state index is 12.9. The molecule has 0 saturated carbocycles. The number of sulfonamides is 1. The lowest BCUT2D eigenvalue weighted by molar-refractivity contribution is -0.126. The summed E-state index contributed by atoms with van der Waals surface area (Å²) in [5.41, 5.74) is 4.24. The van der Waals surface area contributed by atoms with E-state index in [9.17, 15) is 13.2 Å². The monoisotopic (exact) mass is 445 g/mol. The van der Waals surface area contributed by atoms with Crippen LogP contribution in [0.5, 0.6) is 11.5 Å².